The van der Waals surface area contributed by atoms with Crippen molar-refractivity contribution in [3.63, 3.8) is 0 Å². The van der Waals surface area contributed by atoms with Gasteiger partial charge in [0.15, 0.2) is 0 Å². The SMILES string of the molecule is CCc1ccc(C(C#N)c2cc3ccccc3[nH]2)cc1. The highest BCUT2D eigenvalue weighted by atomic mass is 14.7. The quantitative estimate of drug-likeness (QED) is 0.745. The van der Waals surface area contributed by atoms with Crippen molar-refractivity contribution < 1.29 is 0 Å². The summed E-state index contributed by atoms with van der Waals surface area (Å²) in [7, 11) is 0. The summed E-state index contributed by atoms with van der Waals surface area (Å²) >= 11 is 0. The van der Waals surface area contributed by atoms with Crippen LogP contribution >= 0.6 is 0 Å². The number of rotatable bonds is 3. The minimum atomic E-state index is -0.242. The number of benzene rings is 2. The first-order valence-corrected chi connectivity index (χ1v) is 6.88. The van der Waals surface area contributed by atoms with Gasteiger partial charge in [0.25, 0.3) is 0 Å². The molecule has 0 aliphatic heterocycles. The van der Waals surface area contributed by atoms with Gasteiger partial charge in [-0.15, -0.1) is 0 Å². The van der Waals surface area contributed by atoms with Crippen molar-refractivity contribution in [2.45, 2.75) is 19.3 Å². The third-order valence-corrected chi connectivity index (χ3v) is 3.71. The number of H-pyrrole nitrogens is 1. The number of nitrogens with zero attached hydrogens (tertiary/aromatic N) is 1. The molecule has 20 heavy (non-hydrogen) atoms. The Hall–Kier alpha value is -2.53. The molecule has 0 aliphatic rings. The minimum Gasteiger partial charge on any atom is -0.357 e. The Labute approximate surface area is 118 Å². The zero-order chi connectivity index (χ0) is 13.9. The van der Waals surface area contributed by atoms with Gasteiger partial charge in [0.05, 0.1) is 6.07 Å². The predicted octanol–water partition coefficient (Wildman–Crippen LogP) is 4.39. The summed E-state index contributed by atoms with van der Waals surface area (Å²) in [6, 6.07) is 20.9. The summed E-state index contributed by atoms with van der Waals surface area (Å²) in [5.41, 5.74) is 4.37. The predicted molar refractivity (Wildman–Crippen MR) is 81.6 cm³/mol. The molecule has 2 nitrogen and oxygen atoms in total. The number of hydrogen-bond donors (Lipinski definition) is 1. The highest BCUT2D eigenvalue weighted by molar-refractivity contribution is 5.80. The lowest BCUT2D eigenvalue weighted by atomic mass is 9.96. The summed E-state index contributed by atoms with van der Waals surface area (Å²) < 4.78 is 0. The average Bonchev–Trinajstić information content (AvgIpc) is 2.92. The normalized spacial score (nSPS) is 12.2. The zero-order valence-corrected chi connectivity index (χ0v) is 11.4. The molecule has 1 unspecified atom stereocenters. The molecular formula is C18H16N2. The van der Waals surface area contributed by atoms with E-state index in [-0.39, 0.29) is 5.92 Å². The lowest BCUT2D eigenvalue weighted by Gasteiger charge is -2.08. The van der Waals surface area contributed by atoms with Crippen LogP contribution < -0.4 is 0 Å². The van der Waals surface area contributed by atoms with Crippen LogP contribution in [0.25, 0.3) is 10.9 Å². The number of hydrogen-bond acceptors (Lipinski definition) is 1. The molecule has 0 radical (unpaired) electrons. The topological polar surface area (TPSA) is 39.6 Å². The van der Waals surface area contributed by atoms with Gasteiger partial charge in [-0.2, -0.15) is 5.26 Å². The molecule has 2 aromatic carbocycles. The Morgan fingerprint density at radius 1 is 1.10 bits per heavy atom. The van der Waals surface area contributed by atoms with Crippen LogP contribution in [0.15, 0.2) is 54.6 Å². The first-order valence-electron chi connectivity index (χ1n) is 6.88. The minimum absolute atomic E-state index is 0.242. The summed E-state index contributed by atoms with van der Waals surface area (Å²) in [4.78, 5) is 3.35. The Morgan fingerprint density at radius 3 is 2.50 bits per heavy atom. The number of aryl methyl sites for hydroxylation is 1. The van der Waals surface area contributed by atoms with E-state index in [9.17, 15) is 5.26 Å². The zero-order valence-electron chi connectivity index (χ0n) is 11.4. The van der Waals surface area contributed by atoms with Gasteiger partial charge >= 0.3 is 0 Å². The van der Waals surface area contributed by atoms with Crippen molar-refractivity contribution in [3.05, 3.63) is 71.4 Å². The Bertz CT molecular complexity index is 727. The molecule has 1 aromatic heterocycles. The molecule has 1 heterocycles. The van der Waals surface area contributed by atoms with Crippen LogP contribution in [0.5, 0.6) is 0 Å². The third-order valence-electron chi connectivity index (χ3n) is 3.71. The van der Waals surface area contributed by atoms with Gasteiger partial charge in [-0.25, -0.2) is 0 Å². The first kappa shape index (κ1) is 12.5. The number of nitriles is 1. The first-order chi connectivity index (χ1) is 9.81. The molecule has 1 N–H and O–H groups in total. The monoisotopic (exact) mass is 260 g/mol. The van der Waals surface area contributed by atoms with Crippen molar-refractivity contribution in [2.75, 3.05) is 0 Å². The van der Waals surface area contributed by atoms with Crippen LogP contribution in [0.3, 0.4) is 0 Å². The van der Waals surface area contributed by atoms with Crippen LogP contribution in [0, 0.1) is 11.3 Å². The van der Waals surface area contributed by atoms with E-state index in [1.165, 1.54) is 5.56 Å². The molecule has 0 saturated heterocycles. The largest absolute Gasteiger partial charge is 0.357 e. The number of nitrogens with one attached hydrogen (secondary N) is 1. The van der Waals surface area contributed by atoms with Crippen LogP contribution in [0.1, 0.15) is 29.7 Å². The highest BCUT2D eigenvalue weighted by Gasteiger charge is 2.15. The van der Waals surface area contributed by atoms with Crippen molar-refractivity contribution in [1.29, 1.82) is 5.26 Å². The second-order valence-corrected chi connectivity index (χ2v) is 4.97. The molecule has 98 valence electrons. The van der Waals surface area contributed by atoms with Gasteiger partial charge in [-0.1, -0.05) is 49.4 Å². The van der Waals surface area contributed by atoms with Crippen LogP contribution in [0.2, 0.25) is 0 Å². The number of aromatic amines is 1. The van der Waals surface area contributed by atoms with E-state index in [0.29, 0.717) is 0 Å². The van der Waals surface area contributed by atoms with E-state index < -0.39 is 0 Å². The second-order valence-electron chi connectivity index (χ2n) is 4.97. The maximum Gasteiger partial charge on any atom is 0.111 e. The Balaban J connectivity index is 2.02. The van der Waals surface area contributed by atoms with Gasteiger partial charge in [-0.05, 0) is 35.1 Å². The lowest BCUT2D eigenvalue weighted by molar-refractivity contribution is 0.987. The summed E-state index contributed by atoms with van der Waals surface area (Å²) in [6.07, 6.45) is 1.02. The number of aromatic nitrogens is 1. The van der Waals surface area contributed by atoms with E-state index in [2.05, 4.69) is 54.4 Å². The van der Waals surface area contributed by atoms with E-state index in [1.807, 2.05) is 18.2 Å². The van der Waals surface area contributed by atoms with Gasteiger partial charge in [0.1, 0.15) is 5.92 Å². The Morgan fingerprint density at radius 2 is 1.85 bits per heavy atom. The molecule has 2 heteroatoms. The van der Waals surface area contributed by atoms with E-state index >= 15 is 0 Å². The molecule has 0 saturated carbocycles. The fourth-order valence-electron chi connectivity index (χ4n) is 2.52. The van der Waals surface area contributed by atoms with Gasteiger partial charge < -0.3 is 4.98 Å². The fourth-order valence-corrected chi connectivity index (χ4v) is 2.52. The van der Waals surface area contributed by atoms with Gasteiger partial charge in [0, 0.05) is 11.2 Å². The molecule has 0 amide bonds. The van der Waals surface area contributed by atoms with E-state index in [1.54, 1.807) is 0 Å². The molecule has 0 fully saturated rings. The van der Waals surface area contributed by atoms with Crippen LogP contribution in [-0.2, 0) is 6.42 Å². The van der Waals surface area contributed by atoms with Crippen molar-refractivity contribution in [3.8, 4) is 6.07 Å². The molecule has 3 rings (SSSR count). The Kier molecular flexibility index (Phi) is 3.26. The molecular weight excluding hydrogens is 244 g/mol. The van der Waals surface area contributed by atoms with Crippen LogP contribution in [-0.4, -0.2) is 4.98 Å². The summed E-state index contributed by atoms with van der Waals surface area (Å²) in [5, 5.41) is 10.7. The molecule has 1 atom stereocenters. The fraction of sp³-hybridized carbons (Fsp3) is 0.167. The molecule has 0 aliphatic carbocycles. The molecule has 0 bridgehead atoms. The van der Waals surface area contributed by atoms with E-state index in [4.69, 9.17) is 0 Å². The van der Waals surface area contributed by atoms with Crippen LogP contribution in [0.4, 0.5) is 0 Å². The second kappa shape index (κ2) is 5.22. The van der Waals surface area contributed by atoms with Gasteiger partial charge in [0.2, 0.25) is 0 Å². The van der Waals surface area contributed by atoms with E-state index in [0.717, 1.165) is 28.6 Å². The maximum atomic E-state index is 9.51. The van der Waals surface area contributed by atoms with Crippen molar-refractivity contribution in [2.24, 2.45) is 0 Å². The smallest absolute Gasteiger partial charge is 0.111 e. The number of para-hydroxylation sites is 1. The molecule has 3 aromatic rings. The average molecular weight is 260 g/mol. The lowest BCUT2D eigenvalue weighted by Crippen LogP contribution is -1.98. The summed E-state index contributed by atoms with van der Waals surface area (Å²) in [6.45, 7) is 2.13. The molecule has 0 spiro atoms. The number of fused-ring (bicyclic) bond motifs is 1. The van der Waals surface area contributed by atoms with Crippen molar-refractivity contribution in [1.82, 2.24) is 4.98 Å². The van der Waals surface area contributed by atoms with Crippen molar-refractivity contribution >= 4 is 10.9 Å². The highest BCUT2D eigenvalue weighted by Crippen LogP contribution is 2.27. The maximum absolute atomic E-state index is 9.51. The third kappa shape index (κ3) is 2.19. The summed E-state index contributed by atoms with van der Waals surface area (Å²) in [5.74, 6) is -0.242. The van der Waals surface area contributed by atoms with Gasteiger partial charge in [-0.3, -0.25) is 0 Å². The standard InChI is InChI=1S/C18H16N2/c1-2-13-7-9-14(10-8-13)16(12-19)18-11-15-5-3-4-6-17(15)20-18/h3-11,16,20H,2H2,1H3.